The molecule has 1 spiro atoms. The molecule has 1 fully saturated rings. The zero-order chi connectivity index (χ0) is 19.6. The van der Waals surface area contributed by atoms with Gasteiger partial charge in [-0.25, -0.2) is 10.2 Å². The zero-order valence-corrected chi connectivity index (χ0v) is 15.1. The lowest BCUT2D eigenvalue weighted by molar-refractivity contribution is -0.141. The van der Waals surface area contributed by atoms with Gasteiger partial charge in [-0.2, -0.15) is 0 Å². The normalized spacial score (nSPS) is 21.0. The Hall–Kier alpha value is -3.45. The molecule has 0 radical (unpaired) electrons. The van der Waals surface area contributed by atoms with Gasteiger partial charge < -0.3 is 10.2 Å². The fraction of sp³-hybridized carbons (Fsp3) is 0.190. The molecule has 142 valence electrons. The highest BCUT2D eigenvalue weighted by molar-refractivity contribution is 6.10. The summed E-state index contributed by atoms with van der Waals surface area (Å²) in [6.07, 6.45) is 1.40. The highest BCUT2D eigenvalue weighted by Crippen LogP contribution is 2.30. The monoisotopic (exact) mass is 377 g/mol. The van der Waals surface area contributed by atoms with Gasteiger partial charge in [-0.15, -0.1) is 0 Å². The molecule has 2 amide bonds. The van der Waals surface area contributed by atoms with Crippen LogP contribution in [0, 0.1) is 0 Å². The van der Waals surface area contributed by atoms with E-state index in [-0.39, 0.29) is 37.1 Å². The van der Waals surface area contributed by atoms with Crippen LogP contribution in [0.5, 0.6) is 0 Å². The van der Waals surface area contributed by atoms with E-state index in [9.17, 15) is 14.4 Å². The Morgan fingerprint density at radius 3 is 2.32 bits per heavy atom. The summed E-state index contributed by atoms with van der Waals surface area (Å²) < 4.78 is 5.28. The second-order valence-corrected chi connectivity index (χ2v) is 6.79. The van der Waals surface area contributed by atoms with Crippen molar-refractivity contribution in [1.29, 1.82) is 0 Å². The Bertz CT molecular complexity index is 943. The average Bonchev–Trinajstić information content (AvgIpc) is 3.25. The molecule has 2 aliphatic rings. The van der Waals surface area contributed by atoms with Crippen molar-refractivity contribution in [2.75, 3.05) is 0 Å². The number of imide groups is 1. The number of hydrazine groups is 1. The molecule has 2 aromatic carbocycles. The number of nitrogens with zero attached hydrogens (tertiary/aromatic N) is 1. The molecule has 2 aromatic rings. The van der Waals surface area contributed by atoms with Gasteiger partial charge in [-0.05, 0) is 17.2 Å². The lowest BCUT2D eigenvalue weighted by atomic mass is 9.98. The predicted octanol–water partition coefficient (Wildman–Crippen LogP) is 1.42. The van der Waals surface area contributed by atoms with Crippen molar-refractivity contribution >= 4 is 17.8 Å². The Labute approximate surface area is 161 Å². The van der Waals surface area contributed by atoms with Crippen molar-refractivity contribution in [3.8, 4) is 0 Å². The fourth-order valence-electron chi connectivity index (χ4n) is 3.31. The first kappa shape index (κ1) is 17.9. The number of nitrogens with one attached hydrogen (secondary N) is 2. The van der Waals surface area contributed by atoms with Crippen LogP contribution in [0.2, 0.25) is 0 Å². The quantitative estimate of drug-likeness (QED) is 0.605. The minimum absolute atomic E-state index is 0.0544. The number of carbonyl (C=O) groups excluding carboxylic acids is 3. The van der Waals surface area contributed by atoms with Crippen LogP contribution in [-0.2, 0) is 32.3 Å². The third kappa shape index (κ3) is 3.39. The summed E-state index contributed by atoms with van der Waals surface area (Å²) in [4.78, 5) is 38.9. The number of benzene rings is 2. The summed E-state index contributed by atoms with van der Waals surface area (Å²) in [7, 11) is 0. The summed E-state index contributed by atoms with van der Waals surface area (Å²) >= 11 is 0. The summed E-state index contributed by atoms with van der Waals surface area (Å²) in [5.74, 6) is -1.27. The fourth-order valence-corrected chi connectivity index (χ4v) is 3.31. The standard InChI is InChI=1S/C21H19N3O4/c25-18-12-21(20(27)24(18)13-15-7-3-1-4-8-15)11-17(22-23-21)19(26)28-14-16-9-5-2-6-10-16/h1-11,22-23H,12-14H2/t21-/m1/s1. The van der Waals surface area contributed by atoms with Crippen LogP contribution in [0.25, 0.3) is 0 Å². The minimum atomic E-state index is -1.26. The Morgan fingerprint density at radius 1 is 1.00 bits per heavy atom. The van der Waals surface area contributed by atoms with Gasteiger partial charge in [0.1, 0.15) is 17.8 Å². The number of ether oxygens (including phenoxy) is 1. The third-order valence-corrected chi connectivity index (χ3v) is 4.79. The maximum Gasteiger partial charge on any atom is 0.355 e. The molecule has 0 bridgehead atoms. The Kier molecular flexibility index (Phi) is 4.67. The van der Waals surface area contributed by atoms with Gasteiger partial charge >= 0.3 is 5.97 Å². The van der Waals surface area contributed by atoms with E-state index in [4.69, 9.17) is 4.74 Å². The molecule has 2 N–H and O–H groups in total. The zero-order valence-electron chi connectivity index (χ0n) is 15.1. The Morgan fingerprint density at radius 2 is 1.64 bits per heavy atom. The van der Waals surface area contributed by atoms with Crippen LogP contribution in [0.1, 0.15) is 17.5 Å². The van der Waals surface area contributed by atoms with Gasteiger partial charge in [0.25, 0.3) is 5.91 Å². The molecule has 1 saturated heterocycles. The van der Waals surface area contributed by atoms with E-state index in [1.54, 1.807) is 0 Å². The molecule has 4 rings (SSSR count). The van der Waals surface area contributed by atoms with Crippen molar-refractivity contribution in [2.24, 2.45) is 0 Å². The topological polar surface area (TPSA) is 87.7 Å². The lowest BCUT2D eigenvalue weighted by Crippen LogP contribution is -2.50. The average molecular weight is 377 g/mol. The number of hydrogen-bond donors (Lipinski definition) is 2. The molecule has 7 heteroatoms. The molecule has 2 heterocycles. The van der Waals surface area contributed by atoms with Crippen LogP contribution in [0.15, 0.2) is 72.4 Å². The first-order valence-corrected chi connectivity index (χ1v) is 8.93. The van der Waals surface area contributed by atoms with Gasteiger partial charge in [0.15, 0.2) is 0 Å². The van der Waals surface area contributed by atoms with Crippen molar-refractivity contribution in [1.82, 2.24) is 15.8 Å². The molecule has 0 aromatic heterocycles. The molecule has 28 heavy (non-hydrogen) atoms. The number of likely N-dealkylation sites (tertiary alicyclic amines) is 1. The number of rotatable bonds is 5. The van der Waals surface area contributed by atoms with E-state index in [1.165, 1.54) is 11.0 Å². The van der Waals surface area contributed by atoms with E-state index >= 15 is 0 Å². The maximum absolute atomic E-state index is 12.9. The van der Waals surface area contributed by atoms with Gasteiger partial charge in [-0.3, -0.25) is 14.5 Å². The van der Waals surface area contributed by atoms with Crippen LogP contribution < -0.4 is 10.9 Å². The summed E-state index contributed by atoms with van der Waals surface area (Å²) in [6, 6.07) is 18.6. The third-order valence-electron chi connectivity index (χ3n) is 4.79. The molecular formula is C21H19N3O4. The Balaban J connectivity index is 1.45. The van der Waals surface area contributed by atoms with E-state index in [0.717, 1.165) is 11.1 Å². The summed E-state index contributed by atoms with van der Waals surface area (Å²) in [5.41, 5.74) is 6.09. The molecule has 1 atom stereocenters. The predicted molar refractivity (Wildman–Crippen MR) is 99.9 cm³/mol. The lowest BCUT2D eigenvalue weighted by Gasteiger charge is -2.19. The second-order valence-electron chi connectivity index (χ2n) is 6.79. The highest BCUT2D eigenvalue weighted by atomic mass is 16.5. The van der Waals surface area contributed by atoms with E-state index in [1.807, 2.05) is 60.7 Å². The van der Waals surface area contributed by atoms with Crippen LogP contribution in [0.4, 0.5) is 0 Å². The number of esters is 1. The smallest absolute Gasteiger partial charge is 0.355 e. The number of amides is 2. The van der Waals surface area contributed by atoms with Gasteiger partial charge in [-0.1, -0.05) is 60.7 Å². The molecule has 0 unspecified atom stereocenters. The molecule has 2 aliphatic heterocycles. The van der Waals surface area contributed by atoms with Crippen LogP contribution >= 0.6 is 0 Å². The van der Waals surface area contributed by atoms with E-state index in [0.29, 0.717) is 0 Å². The summed E-state index contributed by atoms with van der Waals surface area (Å²) in [6.45, 7) is 0.322. The minimum Gasteiger partial charge on any atom is -0.456 e. The van der Waals surface area contributed by atoms with Gasteiger partial charge in [0.2, 0.25) is 5.91 Å². The van der Waals surface area contributed by atoms with Crippen LogP contribution in [-0.4, -0.2) is 28.2 Å². The van der Waals surface area contributed by atoms with Crippen molar-refractivity contribution in [2.45, 2.75) is 25.1 Å². The van der Waals surface area contributed by atoms with Crippen molar-refractivity contribution in [3.63, 3.8) is 0 Å². The molecule has 0 saturated carbocycles. The number of hydrogen-bond acceptors (Lipinski definition) is 6. The van der Waals surface area contributed by atoms with Crippen molar-refractivity contribution < 1.29 is 19.1 Å². The second kappa shape index (κ2) is 7.28. The molecular weight excluding hydrogens is 358 g/mol. The summed E-state index contributed by atoms with van der Waals surface area (Å²) in [5, 5.41) is 0. The van der Waals surface area contributed by atoms with Gasteiger partial charge in [0.05, 0.1) is 13.0 Å². The molecule has 0 aliphatic carbocycles. The van der Waals surface area contributed by atoms with E-state index < -0.39 is 11.5 Å². The molecule has 7 nitrogen and oxygen atoms in total. The number of carbonyl (C=O) groups is 3. The SMILES string of the molecule is O=C(OCc1ccccc1)C1=C[C@]2(CC(=O)N(Cc3ccccc3)C2=O)NN1. The van der Waals surface area contributed by atoms with E-state index in [2.05, 4.69) is 10.9 Å². The highest BCUT2D eigenvalue weighted by Gasteiger charge is 2.53. The maximum atomic E-state index is 12.9. The first-order valence-electron chi connectivity index (χ1n) is 8.93. The largest absolute Gasteiger partial charge is 0.456 e. The van der Waals surface area contributed by atoms with Gasteiger partial charge in [0, 0.05) is 0 Å². The van der Waals surface area contributed by atoms with Crippen LogP contribution in [0.3, 0.4) is 0 Å². The first-order chi connectivity index (χ1) is 13.6. The van der Waals surface area contributed by atoms with Crippen molar-refractivity contribution in [3.05, 3.63) is 83.6 Å².